The van der Waals surface area contributed by atoms with Crippen molar-refractivity contribution in [2.75, 3.05) is 0 Å². The molecule has 2 heterocycles. The van der Waals surface area contributed by atoms with Gasteiger partial charge in [0.15, 0.2) is 0 Å². The molecule has 15 heavy (non-hydrogen) atoms. The van der Waals surface area contributed by atoms with Gasteiger partial charge in [0.2, 0.25) is 0 Å². The first kappa shape index (κ1) is 8.29. The van der Waals surface area contributed by atoms with Crippen LogP contribution in [0.15, 0.2) is 36.7 Å². The summed E-state index contributed by atoms with van der Waals surface area (Å²) in [5.41, 5.74) is 3.46. The van der Waals surface area contributed by atoms with E-state index < -0.39 is 0 Å². The molecule has 0 amide bonds. The summed E-state index contributed by atoms with van der Waals surface area (Å²) in [4.78, 5) is 10.8. The topological polar surface area (TPSA) is 44.5 Å². The first-order valence-corrected chi connectivity index (χ1v) is 4.93. The molecule has 3 heteroatoms. The Kier molecular flexibility index (Phi) is 1.65. The van der Waals surface area contributed by atoms with Crippen LogP contribution in [0.4, 0.5) is 0 Å². The van der Waals surface area contributed by atoms with Gasteiger partial charge < -0.3 is 9.97 Å². The first-order chi connectivity index (χ1) is 7.36. The van der Waals surface area contributed by atoms with E-state index in [9.17, 15) is 0 Å². The van der Waals surface area contributed by atoms with Crippen molar-refractivity contribution < 1.29 is 0 Å². The quantitative estimate of drug-likeness (QED) is 0.619. The minimum Gasteiger partial charge on any atom is -0.358 e. The highest BCUT2D eigenvalue weighted by Crippen LogP contribution is 2.29. The summed E-state index contributed by atoms with van der Waals surface area (Å²) in [6.07, 6.45) is 3.62. The van der Waals surface area contributed by atoms with Crippen LogP contribution in [0.5, 0.6) is 0 Å². The van der Waals surface area contributed by atoms with E-state index in [-0.39, 0.29) is 0 Å². The fraction of sp³-hybridized carbons (Fsp3) is 0.0833. The van der Waals surface area contributed by atoms with Crippen molar-refractivity contribution in [3.8, 4) is 11.4 Å². The molecule has 0 saturated heterocycles. The second kappa shape index (κ2) is 2.98. The third-order valence-corrected chi connectivity index (χ3v) is 2.63. The fourth-order valence-corrected chi connectivity index (χ4v) is 1.98. The molecule has 2 N–H and O–H groups in total. The zero-order valence-corrected chi connectivity index (χ0v) is 8.41. The summed E-state index contributed by atoms with van der Waals surface area (Å²) in [7, 11) is 0. The molecule has 0 aliphatic heterocycles. The Balaban J connectivity index is 2.39. The van der Waals surface area contributed by atoms with Gasteiger partial charge in [0, 0.05) is 34.6 Å². The number of hydrogen-bond acceptors (Lipinski definition) is 1. The highest BCUT2D eigenvalue weighted by atomic mass is 14.9. The van der Waals surface area contributed by atoms with Gasteiger partial charge in [-0.15, -0.1) is 0 Å². The van der Waals surface area contributed by atoms with Crippen LogP contribution in [0.3, 0.4) is 0 Å². The molecule has 0 spiro atoms. The predicted octanol–water partition coefficient (Wildman–Crippen LogP) is 2.87. The Labute approximate surface area is 87.2 Å². The van der Waals surface area contributed by atoms with Gasteiger partial charge in [-0.25, -0.2) is 4.98 Å². The number of rotatable bonds is 1. The Bertz CT molecular complexity index is 590. The van der Waals surface area contributed by atoms with Crippen molar-refractivity contribution >= 4 is 10.9 Å². The molecule has 3 nitrogen and oxygen atoms in total. The van der Waals surface area contributed by atoms with E-state index in [0.29, 0.717) is 0 Å². The summed E-state index contributed by atoms with van der Waals surface area (Å²) in [6.45, 7) is 2.07. The molecule has 0 aliphatic carbocycles. The summed E-state index contributed by atoms with van der Waals surface area (Å²) < 4.78 is 0. The van der Waals surface area contributed by atoms with Gasteiger partial charge >= 0.3 is 0 Å². The zero-order chi connectivity index (χ0) is 10.3. The van der Waals surface area contributed by atoms with E-state index in [1.54, 1.807) is 6.20 Å². The molecule has 0 unspecified atom stereocenters. The van der Waals surface area contributed by atoms with Crippen molar-refractivity contribution in [3.05, 3.63) is 42.4 Å². The van der Waals surface area contributed by atoms with Crippen molar-refractivity contribution in [3.63, 3.8) is 0 Å². The smallest absolute Gasteiger partial charge is 0.139 e. The molecule has 0 aliphatic rings. The molecule has 3 rings (SSSR count). The minimum atomic E-state index is 0.921. The molecule has 1 aromatic carbocycles. The molecular formula is C12H11N3. The molecule has 0 atom stereocenters. The van der Waals surface area contributed by atoms with Crippen molar-refractivity contribution in [1.82, 2.24) is 15.0 Å². The maximum absolute atomic E-state index is 4.29. The number of benzene rings is 1. The van der Waals surface area contributed by atoms with Gasteiger partial charge in [-0.2, -0.15) is 0 Å². The lowest BCUT2D eigenvalue weighted by Gasteiger charge is -1.95. The number of imidazole rings is 1. The van der Waals surface area contributed by atoms with E-state index in [4.69, 9.17) is 0 Å². The van der Waals surface area contributed by atoms with Crippen LogP contribution in [0, 0.1) is 6.92 Å². The Morgan fingerprint density at radius 2 is 2.07 bits per heavy atom. The van der Waals surface area contributed by atoms with Gasteiger partial charge in [0.25, 0.3) is 0 Å². The average Bonchev–Trinajstić information content (AvgIpc) is 2.82. The van der Waals surface area contributed by atoms with Crippen molar-refractivity contribution in [2.24, 2.45) is 0 Å². The molecular weight excluding hydrogens is 186 g/mol. The van der Waals surface area contributed by atoms with Crippen LogP contribution in [0.25, 0.3) is 22.3 Å². The van der Waals surface area contributed by atoms with Crippen LogP contribution < -0.4 is 0 Å². The zero-order valence-electron chi connectivity index (χ0n) is 8.41. The van der Waals surface area contributed by atoms with E-state index in [2.05, 4.69) is 34.0 Å². The van der Waals surface area contributed by atoms with Gasteiger partial charge in [-0.3, -0.25) is 0 Å². The van der Waals surface area contributed by atoms with E-state index in [1.807, 2.05) is 18.3 Å². The molecule has 0 radical (unpaired) electrons. The molecule has 74 valence electrons. The third-order valence-electron chi connectivity index (χ3n) is 2.63. The number of fused-ring (bicyclic) bond motifs is 1. The average molecular weight is 197 g/mol. The predicted molar refractivity (Wildman–Crippen MR) is 60.6 cm³/mol. The van der Waals surface area contributed by atoms with Crippen LogP contribution in [-0.4, -0.2) is 15.0 Å². The summed E-state index contributed by atoms with van der Waals surface area (Å²) in [5, 5.41) is 1.21. The van der Waals surface area contributed by atoms with Crippen LogP contribution in [0.1, 0.15) is 5.69 Å². The second-order valence-corrected chi connectivity index (χ2v) is 3.61. The number of aromatic nitrogens is 3. The van der Waals surface area contributed by atoms with Gasteiger partial charge in [0.1, 0.15) is 5.82 Å². The SMILES string of the molecule is Cc1[nH]c2ccccc2c1-c1ncc[nH]1. The Hall–Kier alpha value is -2.03. The Morgan fingerprint density at radius 1 is 1.20 bits per heavy atom. The first-order valence-electron chi connectivity index (χ1n) is 4.93. The summed E-state index contributed by atoms with van der Waals surface area (Å²) >= 11 is 0. The van der Waals surface area contributed by atoms with E-state index in [1.165, 1.54) is 5.39 Å². The Morgan fingerprint density at radius 3 is 2.87 bits per heavy atom. The molecule has 0 bridgehead atoms. The lowest BCUT2D eigenvalue weighted by molar-refractivity contribution is 1.25. The normalized spacial score (nSPS) is 11.0. The number of nitrogens with one attached hydrogen (secondary N) is 2. The van der Waals surface area contributed by atoms with Gasteiger partial charge in [0.05, 0.1) is 0 Å². The maximum atomic E-state index is 4.29. The number of para-hydroxylation sites is 1. The van der Waals surface area contributed by atoms with Crippen molar-refractivity contribution in [2.45, 2.75) is 6.92 Å². The number of aryl methyl sites for hydroxylation is 1. The minimum absolute atomic E-state index is 0.921. The third kappa shape index (κ3) is 1.16. The summed E-state index contributed by atoms with van der Waals surface area (Å²) in [6, 6.07) is 8.26. The standard InChI is InChI=1S/C12H11N3/c1-8-11(12-13-6-7-14-12)9-4-2-3-5-10(9)15-8/h2-7,15H,1H3,(H,13,14). The monoisotopic (exact) mass is 197 g/mol. The number of aromatic amines is 2. The number of hydrogen-bond donors (Lipinski definition) is 2. The van der Waals surface area contributed by atoms with Gasteiger partial charge in [-0.05, 0) is 13.0 Å². The molecule has 0 saturated carbocycles. The van der Waals surface area contributed by atoms with Crippen LogP contribution in [0.2, 0.25) is 0 Å². The molecule has 3 aromatic rings. The van der Waals surface area contributed by atoms with Gasteiger partial charge in [-0.1, -0.05) is 18.2 Å². The lowest BCUT2D eigenvalue weighted by Crippen LogP contribution is -1.81. The molecule has 2 aromatic heterocycles. The number of H-pyrrole nitrogens is 2. The molecule has 0 fully saturated rings. The number of nitrogens with zero attached hydrogens (tertiary/aromatic N) is 1. The van der Waals surface area contributed by atoms with Crippen LogP contribution in [-0.2, 0) is 0 Å². The second-order valence-electron chi connectivity index (χ2n) is 3.61. The maximum Gasteiger partial charge on any atom is 0.139 e. The fourth-order valence-electron chi connectivity index (χ4n) is 1.98. The van der Waals surface area contributed by atoms with E-state index >= 15 is 0 Å². The lowest BCUT2D eigenvalue weighted by atomic mass is 10.1. The highest BCUT2D eigenvalue weighted by molar-refractivity contribution is 5.95. The van der Waals surface area contributed by atoms with Crippen LogP contribution >= 0.6 is 0 Å². The van der Waals surface area contributed by atoms with Crippen molar-refractivity contribution in [1.29, 1.82) is 0 Å². The largest absolute Gasteiger partial charge is 0.358 e. The highest BCUT2D eigenvalue weighted by Gasteiger charge is 2.10. The van der Waals surface area contributed by atoms with E-state index in [0.717, 1.165) is 22.6 Å². The summed E-state index contributed by atoms with van der Waals surface area (Å²) in [5.74, 6) is 0.921.